The number of nitrogens with two attached hydrogens (primary N) is 1. The van der Waals surface area contributed by atoms with Gasteiger partial charge in [-0.05, 0) is 64.2 Å². The molecule has 1 saturated heterocycles. The lowest BCUT2D eigenvalue weighted by Crippen LogP contribution is -2.58. The zero-order chi connectivity index (χ0) is 41.6. The lowest BCUT2D eigenvalue weighted by atomic mass is 9.82. The molecule has 1 aliphatic rings. The maximum absolute atomic E-state index is 12.7. The van der Waals surface area contributed by atoms with Crippen LogP contribution in [0.15, 0.2) is 0 Å². The van der Waals surface area contributed by atoms with Crippen molar-refractivity contribution in [2.45, 2.75) is 143 Å². The van der Waals surface area contributed by atoms with Crippen LogP contribution in [0.4, 0.5) is 0 Å². The molecule has 0 aliphatic carbocycles. The van der Waals surface area contributed by atoms with E-state index in [-0.39, 0.29) is 66.4 Å². The standard InChI is InChI=1S/C41H74N2O13/c1-7-49-21-9-12-35(46)15-18-41(42,19-16-36(47)13-10-22-50-8-2)20-17-37(48)14-11-23-51-24-25-52-26-27-53-28-29-54-40-39(43-33(5)44)32(4)31(3)38(56-40)30-55-34(6)45/h31-32,38-40H,7-30,42H2,1-6H3,(H,43,44). The van der Waals surface area contributed by atoms with Crippen molar-refractivity contribution in [3.05, 3.63) is 0 Å². The van der Waals surface area contributed by atoms with Crippen molar-refractivity contribution in [3.8, 4) is 0 Å². The van der Waals surface area contributed by atoms with Crippen molar-refractivity contribution in [1.82, 2.24) is 5.32 Å². The van der Waals surface area contributed by atoms with E-state index in [0.717, 1.165) is 0 Å². The highest BCUT2D eigenvalue weighted by Gasteiger charge is 2.43. The molecule has 56 heavy (non-hydrogen) atoms. The first-order valence-electron chi connectivity index (χ1n) is 20.7. The molecule has 0 aromatic rings. The number of ketones is 3. The molecule has 0 spiro atoms. The minimum absolute atomic E-state index is 0.0255. The van der Waals surface area contributed by atoms with Crippen LogP contribution in [0, 0.1) is 11.8 Å². The van der Waals surface area contributed by atoms with Gasteiger partial charge in [0.2, 0.25) is 5.91 Å². The van der Waals surface area contributed by atoms with Crippen LogP contribution in [0.2, 0.25) is 0 Å². The first kappa shape index (κ1) is 51.6. The summed E-state index contributed by atoms with van der Waals surface area (Å²) in [6.07, 6.45) is 4.32. The number of nitrogens with one attached hydrogen (secondary N) is 1. The molecule has 1 heterocycles. The highest BCUT2D eigenvalue weighted by atomic mass is 16.7. The topological polar surface area (TPSA) is 197 Å². The Balaban J connectivity index is 2.28. The van der Waals surface area contributed by atoms with E-state index in [1.165, 1.54) is 13.8 Å². The summed E-state index contributed by atoms with van der Waals surface area (Å²) < 4.78 is 44.7. The Kier molecular flexibility index (Phi) is 29.1. The minimum Gasteiger partial charge on any atom is -0.463 e. The van der Waals surface area contributed by atoms with Gasteiger partial charge in [0.15, 0.2) is 6.29 Å². The first-order valence-corrected chi connectivity index (χ1v) is 20.7. The third-order valence-corrected chi connectivity index (χ3v) is 10.0. The van der Waals surface area contributed by atoms with Crippen LogP contribution in [0.1, 0.15) is 119 Å². The van der Waals surface area contributed by atoms with Gasteiger partial charge in [-0.2, -0.15) is 0 Å². The summed E-state index contributed by atoms with van der Waals surface area (Å²) in [4.78, 5) is 60.9. The van der Waals surface area contributed by atoms with Gasteiger partial charge in [-0.1, -0.05) is 13.8 Å². The summed E-state index contributed by atoms with van der Waals surface area (Å²) in [6, 6.07) is -0.355. The Morgan fingerprint density at radius 3 is 1.46 bits per heavy atom. The molecule has 1 rings (SSSR count). The van der Waals surface area contributed by atoms with Crippen LogP contribution in [0.3, 0.4) is 0 Å². The molecule has 0 radical (unpaired) electrons. The second-order valence-corrected chi connectivity index (χ2v) is 14.7. The SMILES string of the molecule is CCOCCCC(=O)CCC(N)(CCC(=O)CCCOCC)CCC(=O)CCCOCCOCCOCCOC1OC(COC(C)=O)C(C)C(C)C1NC(C)=O. The number of carbonyl (C=O) groups is 5. The average molecular weight is 803 g/mol. The fraction of sp³-hybridized carbons (Fsp3) is 0.878. The fourth-order valence-electron chi connectivity index (χ4n) is 6.35. The normalized spacial score (nSPS) is 19.8. The van der Waals surface area contributed by atoms with Crippen LogP contribution in [-0.4, -0.2) is 132 Å². The Bertz CT molecular complexity index is 1080. The van der Waals surface area contributed by atoms with Crippen molar-refractivity contribution >= 4 is 29.2 Å². The maximum atomic E-state index is 12.7. The molecule has 0 aromatic heterocycles. The molecule has 15 heteroatoms. The van der Waals surface area contributed by atoms with E-state index in [1.54, 1.807) is 0 Å². The number of hydrogen-bond acceptors (Lipinski definition) is 14. The molecule has 326 valence electrons. The van der Waals surface area contributed by atoms with Crippen molar-refractivity contribution in [1.29, 1.82) is 0 Å². The number of Topliss-reactive ketones (excluding diaryl/α,β-unsaturated/α-hetero) is 3. The Hall–Kier alpha value is -2.37. The third-order valence-electron chi connectivity index (χ3n) is 10.0. The van der Waals surface area contributed by atoms with E-state index in [2.05, 4.69) is 5.32 Å². The predicted octanol–water partition coefficient (Wildman–Crippen LogP) is 4.28. The number of rotatable bonds is 36. The number of carbonyl (C=O) groups excluding carboxylic acids is 5. The molecule has 5 atom stereocenters. The minimum atomic E-state index is -0.763. The predicted molar refractivity (Wildman–Crippen MR) is 210 cm³/mol. The van der Waals surface area contributed by atoms with E-state index in [1.807, 2.05) is 27.7 Å². The Labute approximate surface area is 335 Å². The van der Waals surface area contributed by atoms with E-state index < -0.39 is 11.8 Å². The van der Waals surface area contributed by atoms with Gasteiger partial charge in [0.25, 0.3) is 0 Å². The maximum Gasteiger partial charge on any atom is 0.302 e. The van der Waals surface area contributed by atoms with Crippen LogP contribution in [-0.2, 0) is 61.9 Å². The van der Waals surface area contributed by atoms with Gasteiger partial charge in [0.1, 0.15) is 24.0 Å². The third kappa shape index (κ3) is 25.1. The molecule has 3 N–H and O–H groups in total. The summed E-state index contributed by atoms with van der Waals surface area (Å²) in [5.41, 5.74) is 5.99. The van der Waals surface area contributed by atoms with E-state index in [0.29, 0.717) is 143 Å². The Morgan fingerprint density at radius 1 is 0.607 bits per heavy atom. The van der Waals surface area contributed by atoms with Gasteiger partial charge in [0, 0.05) is 90.9 Å². The lowest BCUT2D eigenvalue weighted by molar-refractivity contribution is -0.247. The molecular weight excluding hydrogens is 728 g/mol. The lowest BCUT2D eigenvalue weighted by Gasteiger charge is -2.44. The van der Waals surface area contributed by atoms with Gasteiger partial charge >= 0.3 is 5.97 Å². The molecule has 1 fully saturated rings. The zero-order valence-electron chi connectivity index (χ0n) is 35.2. The number of ether oxygens (including phenoxy) is 8. The molecule has 1 amide bonds. The van der Waals surface area contributed by atoms with Gasteiger partial charge in [0.05, 0.1) is 51.8 Å². The van der Waals surface area contributed by atoms with E-state index >= 15 is 0 Å². The quantitative estimate of drug-likeness (QED) is 0.0673. The second kappa shape index (κ2) is 31.6. The number of esters is 1. The van der Waals surface area contributed by atoms with Crippen molar-refractivity contribution in [2.24, 2.45) is 17.6 Å². The first-order chi connectivity index (χ1) is 26.8. The smallest absolute Gasteiger partial charge is 0.302 e. The van der Waals surface area contributed by atoms with Gasteiger partial charge < -0.3 is 48.9 Å². The van der Waals surface area contributed by atoms with Crippen LogP contribution < -0.4 is 11.1 Å². The number of hydrogen-bond donors (Lipinski definition) is 2. The molecule has 0 bridgehead atoms. The molecule has 15 nitrogen and oxygen atoms in total. The van der Waals surface area contributed by atoms with Crippen LogP contribution in [0.5, 0.6) is 0 Å². The molecule has 0 saturated carbocycles. The summed E-state index contributed by atoms with van der Waals surface area (Å²) >= 11 is 0. The monoisotopic (exact) mass is 803 g/mol. The molecule has 5 unspecified atom stereocenters. The van der Waals surface area contributed by atoms with Crippen LogP contribution >= 0.6 is 0 Å². The fourth-order valence-corrected chi connectivity index (χ4v) is 6.35. The molecular formula is C41H74N2O13. The van der Waals surface area contributed by atoms with Gasteiger partial charge in [-0.3, -0.25) is 24.0 Å². The highest BCUT2D eigenvalue weighted by Crippen LogP contribution is 2.32. The molecule has 0 aromatic carbocycles. The van der Waals surface area contributed by atoms with Crippen molar-refractivity contribution in [3.63, 3.8) is 0 Å². The second-order valence-electron chi connectivity index (χ2n) is 14.7. The summed E-state index contributed by atoms with van der Waals surface area (Å²) in [6.45, 7) is 15.5. The number of amides is 1. The van der Waals surface area contributed by atoms with Crippen molar-refractivity contribution in [2.75, 3.05) is 79.3 Å². The average Bonchev–Trinajstić information content (AvgIpc) is 3.16. The summed E-state index contributed by atoms with van der Waals surface area (Å²) in [5.74, 6) is -0.190. The van der Waals surface area contributed by atoms with Crippen LogP contribution in [0.25, 0.3) is 0 Å². The summed E-state index contributed by atoms with van der Waals surface area (Å²) in [5, 5.41) is 2.92. The largest absolute Gasteiger partial charge is 0.463 e. The molecule has 1 aliphatic heterocycles. The summed E-state index contributed by atoms with van der Waals surface area (Å²) in [7, 11) is 0. The highest BCUT2D eigenvalue weighted by molar-refractivity contribution is 5.80. The van der Waals surface area contributed by atoms with Gasteiger partial charge in [-0.25, -0.2) is 0 Å². The Morgan fingerprint density at radius 2 is 1.04 bits per heavy atom. The zero-order valence-corrected chi connectivity index (χ0v) is 35.2. The van der Waals surface area contributed by atoms with E-state index in [4.69, 9.17) is 43.6 Å². The van der Waals surface area contributed by atoms with Crippen molar-refractivity contribution < 1.29 is 61.9 Å². The van der Waals surface area contributed by atoms with E-state index in [9.17, 15) is 24.0 Å². The van der Waals surface area contributed by atoms with Gasteiger partial charge in [-0.15, -0.1) is 0 Å².